The van der Waals surface area contributed by atoms with Gasteiger partial charge in [0.15, 0.2) is 5.76 Å². The fourth-order valence-corrected chi connectivity index (χ4v) is 4.69. The molecular weight excluding hydrogens is 442 g/mol. The summed E-state index contributed by atoms with van der Waals surface area (Å²) in [5.74, 6) is -0.0403. The maximum Gasteiger partial charge on any atom is 0.260 e. The molecule has 33 heavy (non-hydrogen) atoms. The summed E-state index contributed by atoms with van der Waals surface area (Å²) in [5, 5.41) is 18.3. The lowest BCUT2D eigenvalue weighted by Gasteiger charge is -2.29. The fourth-order valence-electron chi connectivity index (χ4n) is 4.42. The van der Waals surface area contributed by atoms with Crippen molar-refractivity contribution in [3.8, 4) is 11.1 Å². The number of aromatic nitrogens is 1. The minimum atomic E-state index is -0.400. The first-order valence-corrected chi connectivity index (χ1v) is 11.4. The number of amides is 1. The molecular formula is C25H22ClN3O4. The molecule has 6 rings (SSSR count). The van der Waals surface area contributed by atoms with Gasteiger partial charge in [0.1, 0.15) is 0 Å². The highest BCUT2D eigenvalue weighted by atomic mass is 35.5. The van der Waals surface area contributed by atoms with Gasteiger partial charge in [-0.05, 0) is 42.7 Å². The van der Waals surface area contributed by atoms with E-state index in [1.54, 1.807) is 12.1 Å². The van der Waals surface area contributed by atoms with E-state index < -0.39 is 5.91 Å². The zero-order valence-corrected chi connectivity index (χ0v) is 18.6. The second-order valence-corrected chi connectivity index (χ2v) is 9.00. The zero-order chi connectivity index (χ0) is 22.5. The molecule has 1 amide bonds. The minimum absolute atomic E-state index is 0.159. The lowest BCUT2D eigenvalue weighted by Crippen LogP contribution is -2.36. The van der Waals surface area contributed by atoms with Crippen LogP contribution in [0.3, 0.4) is 0 Å². The molecule has 0 spiro atoms. The number of morpholine rings is 1. The molecule has 0 bridgehead atoms. The number of rotatable bonds is 4. The highest BCUT2D eigenvalue weighted by Gasteiger charge is 2.33. The van der Waals surface area contributed by atoms with Crippen LogP contribution in [0.4, 0.5) is 11.4 Å². The van der Waals surface area contributed by atoms with Crippen LogP contribution in [0.5, 0.6) is 0 Å². The molecule has 1 aliphatic carbocycles. The Hall–Kier alpha value is -3.29. The summed E-state index contributed by atoms with van der Waals surface area (Å²) in [5.41, 5.74) is 4.95. The Balaban J connectivity index is 1.36. The highest BCUT2D eigenvalue weighted by molar-refractivity contribution is 6.38. The van der Waals surface area contributed by atoms with Gasteiger partial charge in [-0.1, -0.05) is 28.9 Å². The molecule has 1 aromatic heterocycles. The molecule has 2 N–H and O–H groups in total. The van der Waals surface area contributed by atoms with E-state index in [1.165, 1.54) is 0 Å². The average Bonchev–Trinajstić information content (AvgIpc) is 3.48. The summed E-state index contributed by atoms with van der Waals surface area (Å²) >= 11 is 6.58. The van der Waals surface area contributed by atoms with E-state index in [2.05, 4.69) is 27.5 Å². The van der Waals surface area contributed by atoms with Gasteiger partial charge in [-0.2, -0.15) is 0 Å². The van der Waals surface area contributed by atoms with Crippen molar-refractivity contribution in [2.24, 2.45) is 0 Å². The van der Waals surface area contributed by atoms with Crippen LogP contribution < -0.4 is 10.2 Å². The van der Waals surface area contributed by atoms with E-state index in [9.17, 15) is 9.90 Å². The fraction of sp³-hybridized carbons (Fsp3) is 0.280. The van der Waals surface area contributed by atoms with Crippen LogP contribution in [0.2, 0.25) is 5.02 Å². The van der Waals surface area contributed by atoms with Gasteiger partial charge < -0.3 is 24.6 Å². The second kappa shape index (κ2) is 7.93. The average molecular weight is 464 g/mol. The van der Waals surface area contributed by atoms with Gasteiger partial charge in [-0.25, -0.2) is 0 Å². The van der Waals surface area contributed by atoms with Gasteiger partial charge in [-0.3, -0.25) is 4.79 Å². The Kier molecular flexibility index (Phi) is 4.89. The zero-order valence-electron chi connectivity index (χ0n) is 17.8. The van der Waals surface area contributed by atoms with E-state index in [0.717, 1.165) is 61.7 Å². The molecule has 0 unspecified atom stereocenters. The van der Waals surface area contributed by atoms with Gasteiger partial charge in [0.25, 0.3) is 5.91 Å². The van der Waals surface area contributed by atoms with Crippen LogP contribution in [0.15, 0.2) is 47.0 Å². The van der Waals surface area contributed by atoms with Crippen molar-refractivity contribution >= 4 is 40.2 Å². The molecule has 7 nitrogen and oxygen atoms in total. The molecule has 2 aliphatic heterocycles. The third kappa shape index (κ3) is 3.67. The van der Waals surface area contributed by atoms with Gasteiger partial charge in [-0.15, -0.1) is 0 Å². The summed E-state index contributed by atoms with van der Waals surface area (Å²) in [6.07, 6.45) is 2.14. The Morgan fingerprint density at radius 2 is 1.85 bits per heavy atom. The molecule has 8 heteroatoms. The normalized spacial score (nSPS) is 19.4. The molecule has 2 fully saturated rings. The number of nitrogens with zero attached hydrogens (tertiary/aromatic N) is 2. The highest BCUT2D eigenvalue weighted by Crippen LogP contribution is 2.44. The summed E-state index contributed by atoms with van der Waals surface area (Å²) in [7, 11) is 0. The van der Waals surface area contributed by atoms with E-state index in [-0.39, 0.29) is 17.1 Å². The number of halogens is 1. The van der Waals surface area contributed by atoms with Crippen molar-refractivity contribution in [1.29, 1.82) is 0 Å². The summed E-state index contributed by atoms with van der Waals surface area (Å²) < 4.78 is 10.8. The Bertz CT molecular complexity index is 1270. The minimum Gasteiger partial charge on any atom is -0.504 e. The molecule has 2 aromatic carbocycles. The molecule has 3 aliphatic rings. The lowest BCUT2D eigenvalue weighted by atomic mass is 9.98. The quantitative estimate of drug-likeness (QED) is 0.414. The monoisotopic (exact) mass is 463 g/mol. The standard InChI is InChI=1S/C25H22ClN3O4/c26-19-12-21-18(11-17(19)14-3-5-16(6-4-14)29-7-9-32-10-8-29)23(25(31)27-21)24(30)22-13-20(28-33-22)15-1-2-15/h3-6,11-13,15,30H,1-2,7-10H2,(H,27,31)/b24-23-. The van der Waals surface area contributed by atoms with Crippen molar-refractivity contribution < 1.29 is 19.2 Å². The maximum absolute atomic E-state index is 12.7. The van der Waals surface area contributed by atoms with Crippen LogP contribution in [0.25, 0.3) is 22.5 Å². The number of aliphatic hydroxyl groups excluding tert-OH is 1. The number of aliphatic hydroxyl groups is 1. The van der Waals surface area contributed by atoms with Crippen LogP contribution in [-0.2, 0) is 9.53 Å². The third-order valence-electron chi connectivity index (χ3n) is 6.40. The van der Waals surface area contributed by atoms with Crippen molar-refractivity contribution in [2.75, 3.05) is 36.5 Å². The predicted octanol–water partition coefficient (Wildman–Crippen LogP) is 5.09. The SMILES string of the molecule is O=C1Nc2cc(Cl)c(-c3ccc(N4CCOCC4)cc3)cc2/C1=C(/O)c1cc(C2CC2)no1. The summed E-state index contributed by atoms with van der Waals surface area (Å²) in [6.45, 7) is 3.19. The topological polar surface area (TPSA) is 87.8 Å². The molecule has 0 atom stereocenters. The first kappa shape index (κ1) is 20.3. The first-order chi connectivity index (χ1) is 16.1. The maximum atomic E-state index is 12.7. The number of anilines is 2. The van der Waals surface area contributed by atoms with Crippen molar-refractivity contribution in [3.63, 3.8) is 0 Å². The smallest absolute Gasteiger partial charge is 0.260 e. The number of benzene rings is 2. The molecule has 1 saturated carbocycles. The lowest BCUT2D eigenvalue weighted by molar-refractivity contribution is -0.110. The van der Waals surface area contributed by atoms with Crippen molar-refractivity contribution in [3.05, 3.63) is 64.5 Å². The van der Waals surface area contributed by atoms with Crippen LogP contribution >= 0.6 is 11.6 Å². The number of carbonyl (C=O) groups excluding carboxylic acids is 1. The van der Waals surface area contributed by atoms with Gasteiger partial charge >= 0.3 is 0 Å². The van der Waals surface area contributed by atoms with Gasteiger partial charge in [0, 0.05) is 41.9 Å². The second-order valence-electron chi connectivity index (χ2n) is 8.59. The number of hydrogen-bond donors (Lipinski definition) is 2. The molecule has 1 saturated heterocycles. The molecule has 3 heterocycles. The van der Waals surface area contributed by atoms with E-state index in [0.29, 0.717) is 22.2 Å². The van der Waals surface area contributed by atoms with Crippen molar-refractivity contribution in [2.45, 2.75) is 18.8 Å². The summed E-state index contributed by atoms with van der Waals surface area (Å²) in [4.78, 5) is 15.0. The van der Waals surface area contributed by atoms with Crippen molar-refractivity contribution in [1.82, 2.24) is 5.16 Å². The number of hydrogen-bond acceptors (Lipinski definition) is 6. The Labute approximate surface area is 195 Å². The van der Waals surface area contributed by atoms with Gasteiger partial charge in [0.05, 0.1) is 35.2 Å². The Morgan fingerprint density at radius 3 is 2.58 bits per heavy atom. The van der Waals surface area contributed by atoms with E-state index in [4.69, 9.17) is 20.9 Å². The third-order valence-corrected chi connectivity index (χ3v) is 6.71. The van der Waals surface area contributed by atoms with Crippen LogP contribution in [0, 0.1) is 0 Å². The summed E-state index contributed by atoms with van der Waals surface area (Å²) in [6, 6.07) is 13.4. The number of carbonyl (C=O) groups is 1. The van der Waals surface area contributed by atoms with E-state index >= 15 is 0 Å². The van der Waals surface area contributed by atoms with E-state index in [1.807, 2.05) is 18.2 Å². The largest absolute Gasteiger partial charge is 0.504 e. The number of ether oxygens (including phenoxy) is 1. The molecule has 3 aromatic rings. The number of nitrogens with one attached hydrogen (secondary N) is 1. The molecule has 168 valence electrons. The molecule has 0 radical (unpaired) electrons. The Morgan fingerprint density at radius 1 is 1.09 bits per heavy atom. The van der Waals surface area contributed by atoms with Crippen LogP contribution in [-0.4, -0.2) is 42.5 Å². The van der Waals surface area contributed by atoms with Crippen LogP contribution in [0.1, 0.15) is 35.8 Å². The first-order valence-electron chi connectivity index (χ1n) is 11.1. The van der Waals surface area contributed by atoms with Gasteiger partial charge in [0.2, 0.25) is 5.76 Å². The predicted molar refractivity (Wildman–Crippen MR) is 126 cm³/mol. The number of fused-ring (bicyclic) bond motifs is 1.